The van der Waals surface area contributed by atoms with Gasteiger partial charge >= 0.3 is 0 Å². The molecule has 4 heteroatoms. The molecule has 0 bridgehead atoms. The van der Waals surface area contributed by atoms with E-state index in [9.17, 15) is 8.78 Å². The number of rotatable bonds is 3. The minimum atomic E-state index is -0.828. The highest BCUT2D eigenvalue weighted by molar-refractivity contribution is 6.30. The lowest BCUT2D eigenvalue weighted by Crippen LogP contribution is -2.34. The van der Waals surface area contributed by atoms with E-state index in [-0.39, 0.29) is 11.6 Å². The molecule has 1 nitrogen and oxygen atoms in total. The third-order valence-corrected chi connectivity index (χ3v) is 2.67. The highest BCUT2D eigenvalue weighted by Crippen LogP contribution is 2.26. The molecule has 0 aliphatic heterocycles. The minimum Gasteiger partial charge on any atom is -0.329 e. The fourth-order valence-corrected chi connectivity index (χ4v) is 1.24. The number of alkyl halides is 1. The Balaban J connectivity index is 3.12. The van der Waals surface area contributed by atoms with E-state index in [1.165, 1.54) is 12.1 Å². The summed E-state index contributed by atoms with van der Waals surface area (Å²) in [5.41, 5.74) is 5.15. The van der Waals surface area contributed by atoms with Crippen LogP contribution in [0.25, 0.3) is 0 Å². The molecule has 14 heavy (non-hydrogen) atoms. The van der Waals surface area contributed by atoms with Crippen LogP contribution in [0.15, 0.2) is 18.2 Å². The highest BCUT2D eigenvalue weighted by Gasteiger charge is 2.25. The molecule has 1 rings (SSSR count). The molecule has 1 unspecified atom stereocenters. The second kappa shape index (κ2) is 4.24. The average molecular weight is 220 g/mol. The fraction of sp³-hybridized carbons (Fsp3) is 0.400. The van der Waals surface area contributed by atoms with E-state index in [1.54, 1.807) is 13.0 Å². The van der Waals surface area contributed by atoms with Gasteiger partial charge in [0.05, 0.1) is 11.7 Å². The summed E-state index contributed by atoms with van der Waals surface area (Å²) in [6.07, 6.45) is 0. The molecule has 1 atom stereocenters. The second-order valence-corrected chi connectivity index (χ2v) is 3.93. The molecule has 0 radical (unpaired) electrons. The van der Waals surface area contributed by atoms with Crippen molar-refractivity contribution in [2.75, 3.05) is 13.2 Å². The molecule has 1 aromatic carbocycles. The largest absolute Gasteiger partial charge is 0.329 e. The lowest BCUT2D eigenvalue weighted by Gasteiger charge is -2.24. The van der Waals surface area contributed by atoms with Crippen molar-refractivity contribution in [3.63, 3.8) is 0 Å². The van der Waals surface area contributed by atoms with Crippen LogP contribution in [-0.2, 0) is 5.41 Å². The Labute approximate surface area is 86.9 Å². The van der Waals surface area contributed by atoms with Crippen LogP contribution >= 0.6 is 11.6 Å². The number of nitrogens with two attached hydrogens (primary N) is 1. The van der Waals surface area contributed by atoms with Gasteiger partial charge in [0.25, 0.3) is 0 Å². The zero-order valence-corrected chi connectivity index (χ0v) is 8.61. The Morgan fingerprint density at radius 1 is 1.50 bits per heavy atom. The highest BCUT2D eigenvalue weighted by atomic mass is 35.5. The van der Waals surface area contributed by atoms with Gasteiger partial charge in [-0.25, -0.2) is 4.39 Å². The first-order valence-electron chi connectivity index (χ1n) is 4.25. The molecule has 0 saturated heterocycles. The quantitative estimate of drug-likeness (QED) is 0.831. The zero-order chi connectivity index (χ0) is 10.8. The third-order valence-electron chi connectivity index (χ3n) is 2.36. The molecule has 0 aliphatic carbocycles. The Morgan fingerprint density at radius 2 is 2.14 bits per heavy atom. The van der Waals surface area contributed by atoms with Gasteiger partial charge in [-0.1, -0.05) is 24.6 Å². The number of hydrogen-bond donors (Lipinski definition) is 1. The predicted molar refractivity (Wildman–Crippen MR) is 53.8 cm³/mol. The monoisotopic (exact) mass is 219 g/mol. The summed E-state index contributed by atoms with van der Waals surface area (Å²) in [6.45, 7) is 1.16. The van der Waals surface area contributed by atoms with Gasteiger partial charge in [-0.3, -0.25) is 4.39 Å². The van der Waals surface area contributed by atoms with Crippen molar-refractivity contribution in [2.45, 2.75) is 12.3 Å². The normalized spacial score (nSPS) is 15.2. The molecule has 78 valence electrons. The van der Waals surface area contributed by atoms with Gasteiger partial charge in [-0.15, -0.1) is 0 Å². The summed E-state index contributed by atoms with van der Waals surface area (Å²) in [6, 6.07) is 4.24. The molecule has 0 heterocycles. The van der Waals surface area contributed by atoms with E-state index in [1.807, 2.05) is 0 Å². The van der Waals surface area contributed by atoms with Crippen molar-refractivity contribution in [2.24, 2.45) is 5.73 Å². The molecule has 0 saturated carbocycles. The van der Waals surface area contributed by atoms with Gasteiger partial charge in [0, 0.05) is 12.0 Å². The van der Waals surface area contributed by atoms with Gasteiger partial charge in [-0.2, -0.15) is 0 Å². The number of benzene rings is 1. The molecule has 0 fully saturated rings. The van der Waals surface area contributed by atoms with E-state index >= 15 is 0 Å². The fourth-order valence-electron chi connectivity index (χ4n) is 1.12. The maximum atomic E-state index is 13.1. The maximum Gasteiger partial charge on any atom is 0.142 e. The van der Waals surface area contributed by atoms with Gasteiger partial charge in [0.1, 0.15) is 5.82 Å². The second-order valence-electron chi connectivity index (χ2n) is 3.53. The first kappa shape index (κ1) is 11.4. The predicted octanol–water partition coefficient (Wildman–Crippen LogP) is 2.67. The van der Waals surface area contributed by atoms with E-state index < -0.39 is 17.9 Å². The van der Waals surface area contributed by atoms with Crippen LogP contribution in [0.4, 0.5) is 8.78 Å². The molecule has 1 aromatic rings. The van der Waals surface area contributed by atoms with E-state index in [0.29, 0.717) is 5.56 Å². The van der Waals surface area contributed by atoms with Crippen LogP contribution in [-0.4, -0.2) is 13.2 Å². The standard InChI is InChI=1S/C10H12ClF2N/c1-10(5-12,6-14)7-2-3-8(11)9(13)4-7/h2-4H,5-6,14H2,1H3. The molecule has 0 aliphatic rings. The molecule has 0 spiro atoms. The number of hydrogen-bond acceptors (Lipinski definition) is 1. The van der Waals surface area contributed by atoms with Crippen molar-refractivity contribution in [3.8, 4) is 0 Å². The SMILES string of the molecule is CC(CN)(CF)c1ccc(Cl)c(F)c1. The first-order chi connectivity index (χ1) is 6.53. The summed E-state index contributed by atoms with van der Waals surface area (Å²) in [5, 5.41) is 0.0342. The van der Waals surface area contributed by atoms with Crippen LogP contribution in [0.5, 0.6) is 0 Å². The van der Waals surface area contributed by atoms with Crippen molar-refractivity contribution in [1.82, 2.24) is 0 Å². The van der Waals surface area contributed by atoms with Crippen molar-refractivity contribution >= 4 is 11.6 Å². The van der Waals surface area contributed by atoms with Crippen molar-refractivity contribution in [3.05, 3.63) is 34.6 Å². The first-order valence-corrected chi connectivity index (χ1v) is 4.63. The Bertz CT molecular complexity index is 324. The maximum absolute atomic E-state index is 13.1. The summed E-state index contributed by atoms with van der Waals surface area (Å²) in [7, 11) is 0. The van der Waals surface area contributed by atoms with Crippen molar-refractivity contribution < 1.29 is 8.78 Å². The van der Waals surface area contributed by atoms with Crippen molar-refractivity contribution in [1.29, 1.82) is 0 Å². The van der Waals surface area contributed by atoms with Crippen LogP contribution in [0.2, 0.25) is 5.02 Å². The van der Waals surface area contributed by atoms with E-state index in [2.05, 4.69) is 0 Å². The van der Waals surface area contributed by atoms with Crippen LogP contribution in [0.1, 0.15) is 12.5 Å². The number of halogens is 3. The molecular formula is C10H12ClF2N. The van der Waals surface area contributed by atoms with E-state index in [0.717, 1.165) is 0 Å². The lowest BCUT2D eigenvalue weighted by molar-refractivity contribution is 0.333. The van der Waals surface area contributed by atoms with Gasteiger partial charge in [0.2, 0.25) is 0 Å². The van der Waals surface area contributed by atoms with Crippen LogP contribution in [0.3, 0.4) is 0 Å². The topological polar surface area (TPSA) is 26.0 Å². The third kappa shape index (κ3) is 2.04. The summed E-state index contributed by atoms with van der Waals surface area (Å²) < 4.78 is 25.8. The Hall–Kier alpha value is -0.670. The molecule has 2 N–H and O–H groups in total. The Morgan fingerprint density at radius 3 is 2.57 bits per heavy atom. The summed E-state index contributed by atoms with van der Waals surface area (Å²) >= 11 is 5.52. The summed E-state index contributed by atoms with van der Waals surface area (Å²) in [5.74, 6) is -0.544. The Kier molecular flexibility index (Phi) is 3.45. The summed E-state index contributed by atoms with van der Waals surface area (Å²) in [4.78, 5) is 0. The van der Waals surface area contributed by atoms with Crippen LogP contribution < -0.4 is 5.73 Å². The van der Waals surface area contributed by atoms with E-state index in [4.69, 9.17) is 17.3 Å². The average Bonchev–Trinajstić information content (AvgIpc) is 2.21. The lowest BCUT2D eigenvalue weighted by atomic mass is 9.84. The molecule has 0 aromatic heterocycles. The molecule has 0 amide bonds. The van der Waals surface area contributed by atoms with Gasteiger partial charge < -0.3 is 5.73 Å². The van der Waals surface area contributed by atoms with Gasteiger partial charge in [-0.05, 0) is 17.7 Å². The van der Waals surface area contributed by atoms with Crippen LogP contribution in [0, 0.1) is 5.82 Å². The van der Waals surface area contributed by atoms with Gasteiger partial charge in [0.15, 0.2) is 0 Å². The zero-order valence-electron chi connectivity index (χ0n) is 7.86. The smallest absolute Gasteiger partial charge is 0.142 e. The minimum absolute atomic E-state index is 0.0342. The molecular weight excluding hydrogens is 208 g/mol.